The van der Waals surface area contributed by atoms with Gasteiger partial charge in [0.25, 0.3) is 0 Å². The molecule has 0 spiro atoms. The van der Waals surface area contributed by atoms with Gasteiger partial charge in [-0.05, 0) is 36.4 Å². The van der Waals surface area contributed by atoms with Gasteiger partial charge in [-0.25, -0.2) is 0 Å². The zero-order chi connectivity index (χ0) is 12.7. The zero-order valence-electron chi connectivity index (χ0n) is 9.99. The Morgan fingerprint density at radius 3 is 2.67 bits per heavy atom. The van der Waals surface area contributed by atoms with E-state index in [4.69, 9.17) is 23.2 Å². The smallest absolute Gasteiger partial charge is 0.0934 e. The Labute approximate surface area is 121 Å². The van der Waals surface area contributed by atoms with Crippen LogP contribution in [0.3, 0.4) is 0 Å². The Hall–Kier alpha value is -0.540. The summed E-state index contributed by atoms with van der Waals surface area (Å²) in [6.07, 6.45) is 0. The highest BCUT2D eigenvalue weighted by Gasteiger charge is 2.26. The number of thiophene rings is 1. The lowest BCUT2D eigenvalue weighted by atomic mass is 9.89. The van der Waals surface area contributed by atoms with Crippen LogP contribution in [0.5, 0.6) is 0 Å². The van der Waals surface area contributed by atoms with Crippen LogP contribution < -0.4 is 0 Å². The second-order valence-corrected chi connectivity index (χ2v) is 6.93. The summed E-state index contributed by atoms with van der Waals surface area (Å²) in [7, 11) is 2.15. The third-order valence-corrected chi connectivity index (χ3v) is 4.88. The van der Waals surface area contributed by atoms with Crippen molar-refractivity contribution in [1.82, 2.24) is 4.90 Å². The molecular formula is C14H13Cl2NS. The average Bonchev–Trinajstić information content (AvgIpc) is 2.69. The van der Waals surface area contributed by atoms with Gasteiger partial charge in [-0.1, -0.05) is 35.3 Å². The maximum absolute atomic E-state index is 6.16. The third-order valence-electron chi connectivity index (χ3n) is 3.37. The molecule has 1 atom stereocenters. The predicted octanol–water partition coefficient (Wildman–Crippen LogP) is 4.63. The summed E-state index contributed by atoms with van der Waals surface area (Å²) < 4.78 is 0.884. The van der Waals surface area contributed by atoms with Crippen molar-refractivity contribution in [3.8, 4) is 0 Å². The maximum atomic E-state index is 6.16. The summed E-state index contributed by atoms with van der Waals surface area (Å²) in [5.41, 5.74) is 2.69. The summed E-state index contributed by atoms with van der Waals surface area (Å²) in [6, 6.07) is 10.3. The highest BCUT2D eigenvalue weighted by atomic mass is 35.5. The number of rotatable bonds is 1. The van der Waals surface area contributed by atoms with Crippen LogP contribution in [0.4, 0.5) is 0 Å². The molecule has 4 heteroatoms. The summed E-state index contributed by atoms with van der Waals surface area (Å²) >= 11 is 13.8. The first kappa shape index (κ1) is 12.5. The summed E-state index contributed by atoms with van der Waals surface area (Å²) in [4.78, 5) is 3.72. The minimum Gasteiger partial charge on any atom is -0.300 e. The van der Waals surface area contributed by atoms with E-state index in [1.807, 2.05) is 12.1 Å². The molecule has 1 aliphatic rings. The quantitative estimate of drug-likeness (QED) is 0.742. The number of fused-ring (bicyclic) bond motifs is 1. The summed E-state index contributed by atoms with van der Waals surface area (Å²) in [6.45, 7) is 2.03. The van der Waals surface area contributed by atoms with Crippen LogP contribution in [0.2, 0.25) is 9.36 Å². The third kappa shape index (κ3) is 2.30. The van der Waals surface area contributed by atoms with Crippen molar-refractivity contribution in [2.45, 2.75) is 12.5 Å². The SMILES string of the molecule is CN1Cc2sc(Cl)cc2C(c2ccc(Cl)cc2)C1. The molecule has 1 nitrogen and oxygen atoms in total. The first-order valence-corrected chi connectivity index (χ1v) is 7.43. The first-order valence-electron chi connectivity index (χ1n) is 5.85. The topological polar surface area (TPSA) is 3.24 Å². The number of nitrogens with zero attached hydrogens (tertiary/aromatic N) is 1. The van der Waals surface area contributed by atoms with Gasteiger partial charge in [0.15, 0.2) is 0 Å². The molecule has 1 aromatic heterocycles. The lowest BCUT2D eigenvalue weighted by molar-refractivity contribution is 0.299. The maximum Gasteiger partial charge on any atom is 0.0934 e. The summed E-state index contributed by atoms with van der Waals surface area (Å²) in [5, 5.41) is 0.784. The minimum atomic E-state index is 0.403. The van der Waals surface area contributed by atoms with Crippen LogP contribution in [-0.2, 0) is 6.54 Å². The Balaban J connectivity index is 2.04. The molecule has 0 aliphatic carbocycles. The fourth-order valence-electron chi connectivity index (χ4n) is 2.53. The van der Waals surface area contributed by atoms with E-state index in [0.29, 0.717) is 5.92 Å². The molecule has 3 rings (SSSR count). The second-order valence-electron chi connectivity index (χ2n) is 4.73. The van der Waals surface area contributed by atoms with Crippen LogP contribution >= 0.6 is 34.5 Å². The van der Waals surface area contributed by atoms with E-state index < -0.39 is 0 Å². The van der Waals surface area contributed by atoms with Crippen LogP contribution in [0.1, 0.15) is 21.9 Å². The normalized spacial score (nSPS) is 19.8. The number of halogens is 2. The van der Waals surface area contributed by atoms with E-state index in [2.05, 4.69) is 30.1 Å². The van der Waals surface area contributed by atoms with E-state index in [1.54, 1.807) is 11.3 Å². The molecule has 2 heterocycles. The van der Waals surface area contributed by atoms with Gasteiger partial charge >= 0.3 is 0 Å². The van der Waals surface area contributed by atoms with Crippen LogP contribution in [-0.4, -0.2) is 18.5 Å². The van der Waals surface area contributed by atoms with Crippen molar-refractivity contribution in [1.29, 1.82) is 0 Å². The van der Waals surface area contributed by atoms with E-state index in [-0.39, 0.29) is 0 Å². The average molecular weight is 298 g/mol. The van der Waals surface area contributed by atoms with Gasteiger partial charge in [0, 0.05) is 28.9 Å². The van der Waals surface area contributed by atoms with E-state index in [9.17, 15) is 0 Å². The van der Waals surface area contributed by atoms with Gasteiger partial charge < -0.3 is 4.90 Å². The molecule has 0 radical (unpaired) electrons. The largest absolute Gasteiger partial charge is 0.300 e. The molecule has 0 N–H and O–H groups in total. The minimum absolute atomic E-state index is 0.403. The number of hydrogen-bond donors (Lipinski definition) is 0. The van der Waals surface area contributed by atoms with Gasteiger partial charge in [-0.2, -0.15) is 0 Å². The molecule has 1 unspecified atom stereocenters. The Kier molecular flexibility index (Phi) is 3.37. The Morgan fingerprint density at radius 1 is 1.22 bits per heavy atom. The molecule has 1 aromatic carbocycles. The fraction of sp³-hybridized carbons (Fsp3) is 0.286. The van der Waals surface area contributed by atoms with Gasteiger partial charge in [-0.15, -0.1) is 11.3 Å². The van der Waals surface area contributed by atoms with Crippen molar-refractivity contribution in [3.05, 3.63) is 55.7 Å². The molecule has 94 valence electrons. The van der Waals surface area contributed by atoms with Crippen molar-refractivity contribution >= 4 is 34.5 Å². The Bertz CT molecular complexity index is 562. The molecule has 0 saturated heterocycles. The van der Waals surface area contributed by atoms with Crippen molar-refractivity contribution in [2.24, 2.45) is 0 Å². The molecular weight excluding hydrogens is 285 g/mol. The van der Waals surface area contributed by atoms with Crippen LogP contribution in [0.15, 0.2) is 30.3 Å². The van der Waals surface area contributed by atoms with Gasteiger partial charge in [-0.3, -0.25) is 0 Å². The van der Waals surface area contributed by atoms with Crippen LogP contribution in [0.25, 0.3) is 0 Å². The Morgan fingerprint density at radius 2 is 1.94 bits per heavy atom. The number of hydrogen-bond acceptors (Lipinski definition) is 2. The summed E-state index contributed by atoms with van der Waals surface area (Å²) in [5.74, 6) is 0.403. The molecule has 0 bridgehead atoms. The van der Waals surface area contributed by atoms with Gasteiger partial charge in [0.2, 0.25) is 0 Å². The van der Waals surface area contributed by atoms with Crippen molar-refractivity contribution in [2.75, 3.05) is 13.6 Å². The number of likely N-dealkylation sites (N-methyl/N-ethyl adjacent to an activating group) is 1. The molecule has 0 fully saturated rings. The van der Waals surface area contributed by atoms with E-state index in [1.165, 1.54) is 16.0 Å². The molecule has 0 amide bonds. The highest BCUT2D eigenvalue weighted by molar-refractivity contribution is 7.16. The van der Waals surface area contributed by atoms with E-state index in [0.717, 1.165) is 22.4 Å². The molecule has 0 saturated carbocycles. The molecule has 18 heavy (non-hydrogen) atoms. The standard InChI is InChI=1S/C14H13Cl2NS/c1-17-7-12(9-2-4-10(15)5-3-9)11-6-14(16)18-13(11)8-17/h2-6,12H,7-8H2,1H3. The number of benzene rings is 1. The van der Waals surface area contributed by atoms with Crippen molar-refractivity contribution in [3.63, 3.8) is 0 Å². The van der Waals surface area contributed by atoms with Gasteiger partial charge in [0.05, 0.1) is 4.34 Å². The zero-order valence-corrected chi connectivity index (χ0v) is 12.3. The molecule has 1 aliphatic heterocycles. The van der Waals surface area contributed by atoms with Crippen LogP contribution in [0, 0.1) is 0 Å². The molecule has 2 aromatic rings. The predicted molar refractivity (Wildman–Crippen MR) is 79.0 cm³/mol. The monoisotopic (exact) mass is 297 g/mol. The highest BCUT2D eigenvalue weighted by Crippen LogP contribution is 2.39. The lowest BCUT2D eigenvalue weighted by Gasteiger charge is -2.30. The second kappa shape index (κ2) is 4.86. The van der Waals surface area contributed by atoms with Gasteiger partial charge in [0.1, 0.15) is 0 Å². The lowest BCUT2D eigenvalue weighted by Crippen LogP contribution is -2.29. The first-order chi connectivity index (χ1) is 8.63. The fourth-order valence-corrected chi connectivity index (χ4v) is 4.08. The van der Waals surface area contributed by atoms with E-state index >= 15 is 0 Å². The van der Waals surface area contributed by atoms with Crippen molar-refractivity contribution < 1.29 is 0 Å².